The second-order valence-corrected chi connectivity index (χ2v) is 4.65. The average Bonchev–Trinajstić information content (AvgIpc) is 2.26. The summed E-state index contributed by atoms with van der Waals surface area (Å²) in [7, 11) is 0. The van der Waals surface area contributed by atoms with Crippen LogP contribution >= 0.6 is 0 Å². The first-order valence-corrected chi connectivity index (χ1v) is 4.91. The Bertz CT molecular complexity index is 246. The van der Waals surface area contributed by atoms with Gasteiger partial charge in [0.15, 0.2) is 0 Å². The van der Waals surface area contributed by atoms with Crippen LogP contribution in [-0.2, 0) is 0 Å². The Hall–Kier alpha value is -0.560. The van der Waals surface area contributed by atoms with E-state index in [-0.39, 0.29) is 11.5 Å². The van der Waals surface area contributed by atoms with E-state index in [0.29, 0.717) is 5.92 Å². The molecule has 2 atom stereocenters. The molecule has 0 spiro atoms. The first-order chi connectivity index (χ1) is 5.87. The molecule has 1 heteroatoms. The lowest BCUT2D eigenvalue weighted by molar-refractivity contribution is 0.195. The van der Waals surface area contributed by atoms with Gasteiger partial charge in [-0.3, -0.25) is 0 Å². The van der Waals surface area contributed by atoms with Gasteiger partial charge in [0.05, 0.1) is 6.10 Å². The molecule has 0 aliphatic heterocycles. The largest absolute Gasteiger partial charge is 0.389 e. The van der Waals surface area contributed by atoms with Crippen molar-refractivity contribution in [1.29, 1.82) is 0 Å². The molecule has 0 aromatic carbocycles. The molecule has 0 bridgehead atoms. The van der Waals surface area contributed by atoms with E-state index in [1.165, 1.54) is 5.57 Å². The van der Waals surface area contributed by atoms with Crippen LogP contribution in [0.5, 0.6) is 0 Å². The second kappa shape index (κ2) is 3.30. The number of hydrogen-bond acceptors (Lipinski definition) is 1. The highest BCUT2D eigenvalue weighted by Gasteiger charge is 2.37. The molecule has 0 saturated carbocycles. The highest BCUT2D eigenvalue weighted by molar-refractivity contribution is 5.26. The molecule has 0 amide bonds. The molecule has 1 nitrogen and oxygen atoms in total. The van der Waals surface area contributed by atoms with Crippen LogP contribution in [0.3, 0.4) is 0 Å². The highest BCUT2D eigenvalue weighted by Crippen LogP contribution is 2.46. The molecule has 0 fully saturated rings. The van der Waals surface area contributed by atoms with Gasteiger partial charge in [-0.15, -0.1) is 0 Å². The van der Waals surface area contributed by atoms with Crippen LogP contribution in [0.2, 0.25) is 0 Å². The predicted octanol–water partition coefficient (Wildman–Crippen LogP) is 2.92. The molecule has 0 saturated heterocycles. The third-order valence-electron chi connectivity index (χ3n) is 3.53. The van der Waals surface area contributed by atoms with Gasteiger partial charge in [0.2, 0.25) is 0 Å². The molecule has 0 aromatic heterocycles. The van der Waals surface area contributed by atoms with Crippen molar-refractivity contribution >= 4 is 0 Å². The molecule has 1 aliphatic rings. The fraction of sp³-hybridized carbons (Fsp3) is 0.667. The summed E-state index contributed by atoms with van der Waals surface area (Å²) in [4.78, 5) is 0. The minimum Gasteiger partial charge on any atom is -0.389 e. The number of rotatable bonds is 2. The number of aliphatic hydroxyl groups is 1. The Morgan fingerprint density at radius 3 is 2.54 bits per heavy atom. The molecule has 1 N–H and O–H groups in total. The predicted molar refractivity (Wildman–Crippen MR) is 56.5 cm³/mol. The second-order valence-electron chi connectivity index (χ2n) is 4.65. The smallest absolute Gasteiger partial charge is 0.0722 e. The van der Waals surface area contributed by atoms with Gasteiger partial charge in [-0.1, -0.05) is 32.1 Å². The van der Waals surface area contributed by atoms with Gasteiger partial charge in [-0.25, -0.2) is 0 Å². The monoisotopic (exact) mass is 180 g/mol. The summed E-state index contributed by atoms with van der Waals surface area (Å²) in [5.74, 6) is 0.410. The first-order valence-electron chi connectivity index (χ1n) is 4.91. The van der Waals surface area contributed by atoms with Crippen molar-refractivity contribution in [2.45, 2.75) is 40.2 Å². The van der Waals surface area contributed by atoms with E-state index in [0.717, 1.165) is 12.0 Å². The molecular weight excluding hydrogens is 160 g/mol. The normalized spacial score (nSPS) is 28.4. The number of hydrogen-bond donors (Lipinski definition) is 1. The molecule has 13 heavy (non-hydrogen) atoms. The average molecular weight is 180 g/mol. The lowest BCUT2D eigenvalue weighted by Crippen LogP contribution is -2.26. The fourth-order valence-corrected chi connectivity index (χ4v) is 2.03. The molecule has 74 valence electrons. The van der Waals surface area contributed by atoms with E-state index in [1.54, 1.807) is 6.92 Å². The van der Waals surface area contributed by atoms with Gasteiger partial charge in [0.1, 0.15) is 0 Å². The number of aliphatic hydroxyl groups excluding tert-OH is 1. The van der Waals surface area contributed by atoms with Crippen molar-refractivity contribution in [2.75, 3.05) is 0 Å². The quantitative estimate of drug-likeness (QED) is 0.648. The van der Waals surface area contributed by atoms with Gasteiger partial charge >= 0.3 is 0 Å². The summed E-state index contributed by atoms with van der Waals surface area (Å²) in [5, 5.41) is 9.48. The first kappa shape index (κ1) is 10.5. The van der Waals surface area contributed by atoms with Gasteiger partial charge in [-0.05, 0) is 37.2 Å². The van der Waals surface area contributed by atoms with Gasteiger partial charge in [0.25, 0.3) is 0 Å². The Morgan fingerprint density at radius 1 is 1.69 bits per heavy atom. The molecule has 1 rings (SSSR count). The summed E-state index contributed by atoms with van der Waals surface area (Å²) in [6.45, 7) is 12.4. The summed E-state index contributed by atoms with van der Waals surface area (Å²) in [6, 6.07) is 0. The lowest BCUT2D eigenvalue weighted by atomic mass is 9.73. The minimum absolute atomic E-state index is 0.175. The van der Waals surface area contributed by atoms with Crippen LogP contribution in [0.1, 0.15) is 34.1 Å². The van der Waals surface area contributed by atoms with Gasteiger partial charge in [-0.2, -0.15) is 0 Å². The van der Waals surface area contributed by atoms with Crippen LogP contribution in [0.25, 0.3) is 0 Å². The third kappa shape index (κ3) is 1.71. The summed E-state index contributed by atoms with van der Waals surface area (Å²) >= 11 is 0. The Kier molecular flexibility index (Phi) is 2.67. The maximum atomic E-state index is 9.48. The van der Waals surface area contributed by atoms with E-state index >= 15 is 0 Å². The molecular formula is C12H20O. The van der Waals surface area contributed by atoms with E-state index in [2.05, 4.69) is 33.4 Å². The van der Waals surface area contributed by atoms with E-state index in [9.17, 15) is 5.11 Å². The fourth-order valence-electron chi connectivity index (χ4n) is 2.03. The summed E-state index contributed by atoms with van der Waals surface area (Å²) in [6.07, 6.45) is 2.91. The van der Waals surface area contributed by atoms with Crippen molar-refractivity contribution < 1.29 is 5.11 Å². The van der Waals surface area contributed by atoms with Crippen LogP contribution in [-0.4, -0.2) is 11.2 Å². The van der Waals surface area contributed by atoms with Gasteiger partial charge in [0, 0.05) is 0 Å². The van der Waals surface area contributed by atoms with Crippen molar-refractivity contribution in [3.63, 3.8) is 0 Å². The maximum absolute atomic E-state index is 9.48. The number of allylic oxidation sites excluding steroid dienone is 2. The zero-order chi connectivity index (χ0) is 10.2. The molecule has 0 radical (unpaired) electrons. The zero-order valence-electron chi connectivity index (χ0n) is 9.09. The molecule has 0 heterocycles. The van der Waals surface area contributed by atoms with E-state index in [4.69, 9.17) is 0 Å². The van der Waals surface area contributed by atoms with Crippen LogP contribution in [0.15, 0.2) is 23.8 Å². The van der Waals surface area contributed by atoms with Crippen LogP contribution in [0, 0.1) is 11.3 Å². The van der Waals surface area contributed by atoms with E-state index in [1.807, 2.05) is 0 Å². The van der Waals surface area contributed by atoms with Gasteiger partial charge < -0.3 is 5.11 Å². The summed E-state index contributed by atoms with van der Waals surface area (Å²) < 4.78 is 0. The zero-order valence-corrected chi connectivity index (χ0v) is 9.09. The standard InChI is InChI=1S/C12H20O/c1-8-6-7-11(12(8,4)5)9(2)10(3)13/h6,10-11,13H,2,7H2,1,3-5H3/t10-,11?/m1/s1. The topological polar surface area (TPSA) is 20.2 Å². The Balaban J connectivity index is 2.82. The minimum atomic E-state index is -0.386. The maximum Gasteiger partial charge on any atom is 0.0722 e. The SMILES string of the molecule is C=C(C1CC=C(C)C1(C)C)[C@@H](C)O. The van der Waals surface area contributed by atoms with Crippen LogP contribution in [0.4, 0.5) is 0 Å². The molecule has 1 unspecified atom stereocenters. The molecule has 0 aromatic rings. The van der Waals surface area contributed by atoms with E-state index < -0.39 is 0 Å². The van der Waals surface area contributed by atoms with Crippen molar-refractivity contribution in [3.8, 4) is 0 Å². The third-order valence-corrected chi connectivity index (χ3v) is 3.53. The van der Waals surface area contributed by atoms with Crippen LogP contribution < -0.4 is 0 Å². The Labute approximate surface area is 81.2 Å². The van der Waals surface area contributed by atoms with Crippen molar-refractivity contribution in [3.05, 3.63) is 23.8 Å². The summed E-state index contributed by atoms with van der Waals surface area (Å²) in [5.41, 5.74) is 2.56. The van der Waals surface area contributed by atoms with Crippen molar-refractivity contribution in [1.82, 2.24) is 0 Å². The highest BCUT2D eigenvalue weighted by atomic mass is 16.3. The lowest BCUT2D eigenvalue weighted by Gasteiger charge is -2.32. The van der Waals surface area contributed by atoms with Crippen molar-refractivity contribution in [2.24, 2.45) is 11.3 Å². The Morgan fingerprint density at radius 2 is 2.23 bits per heavy atom. The molecule has 1 aliphatic carbocycles.